The minimum atomic E-state index is -3.88. The van der Waals surface area contributed by atoms with Gasteiger partial charge in [0.15, 0.2) is 0 Å². The summed E-state index contributed by atoms with van der Waals surface area (Å²) < 4.78 is 27.4. The highest BCUT2D eigenvalue weighted by molar-refractivity contribution is 7.90. The zero-order valence-electron chi connectivity index (χ0n) is 12.2. The molecule has 2 atom stereocenters. The van der Waals surface area contributed by atoms with E-state index in [-0.39, 0.29) is 34.1 Å². The molecule has 0 aliphatic carbocycles. The van der Waals surface area contributed by atoms with Gasteiger partial charge in [0.1, 0.15) is 0 Å². The standard InChI is InChI=1S/C13H21ClN2O4S2/c1-2-10(15-5-6-17)11(8-18)16-22(19,20)13-7-9(14)3-4-12(13)21/h3-4,7,10-11,15-18,21H,2,5-6,8H2,1H3/t10?,11-/m1/s1. The summed E-state index contributed by atoms with van der Waals surface area (Å²) in [4.78, 5) is 0.226. The number of nitrogens with one attached hydrogen (secondary N) is 2. The molecule has 4 N–H and O–H groups in total. The maximum atomic E-state index is 12.5. The van der Waals surface area contributed by atoms with E-state index in [0.29, 0.717) is 13.0 Å². The van der Waals surface area contributed by atoms with Gasteiger partial charge in [-0.2, -0.15) is 0 Å². The van der Waals surface area contributed by atoms with Crippen LogP contribution >= 0.6 is 24.2 Å². The van der Waals surface area contributed by atoms with E-state index in [2.05, 4.69) is 22.7 Å². The quantitative estimate of drug-likeness (QED) is 0.412. The molecule has 1 unspecified atom stereocenters. The van der Waals surface area contributed by atoms with Crippen LogP contribution in [-0.2, 0) is 10.0 Å². The van der Waals surface area contributed by atoms with Crippen molar-refractivity contribution >= 4 is 34.3 Å². The van der Waals surface area contributed by atoms with Crippen LogP contribution in [0.3, 0.4) is 0 Å². The second-order valence-corrected chi connectivity index (χ2v) is 7.32. The van der Waals surface area contributed by atoms with Crippen molar-refractivity contribution in [3.63, 3.8) is 0 Å². The molecule has 6 nitrogen and oxygen atoms in total. The van der Waals surface area contributed by atoms with E-state index in [0.717, 1.165) is 0 Å². The number of sulfonamides is 1. The summed E-state index contributed by atoms with van der Waals surface area (Å²) in [7, 11) is -3.88. The highest BCUT2D eigenvalue weighted by Gasteiger charge is 2.26. The van der Waals surface area contributed by atoms with Crippen LogP contribution in [0.1, 0.15) is 13.3 Å². The van der Waals surface area contributed by atoms with Crippen molar-refractivity contribution in [1.29, 1.82) is 0 Å². The molecule has 0 aromatic heterocycles. The van der Waals surface area contributed by atoms with Gasteiger partial charge in [-0.05, 0) is 24.6 Å². The van der Waals surface area contributed by atoms with Crippen LogP contribution < -0.4 is 10.0 Å². The summed E-state index contributed by atoms with van der Waals surface area (Å²) in [5, 5.41) is 21.6. The Hall–Kier alpha value is -0.350. The van der Waals surface area contributed by atoms with Crippen LogP contribution in [-0.4, -0.2) is 50.5 Å². The summed E-state index contributed by atoms with van der Waals surface area (Å²) in [6.07, 6.45) is 0.580. The Morgan fingerprint density at radius 3 is 2.55 bits per heavy atom. The van der Waals surface area contributed by atoms with Crippen LogP contribution in [0.4, 0.5) is 0 Å². The van der Waals surface area contributed by atoms with Gasteiger partial charge in [-0.15, -0.1) is 12.6 Å². The average Bonchev–Trinajstić information content (AvgIpc) is 2.48. The van der Waals surface area contributed by atoms with E-state index < -0.39 is 16.1 Å². The van der Waals surface area contributed by atoms with Gasteiger partial charge in [-0.3, -0.25) is 0 Å². The van der Waals surface area contributed by atoms with Crippen LogP contribution in [0.5, 0.6) is 0 Å². The minimum absolute atomic E-state index is 0.0428. The second kappa shape index (κ2) is 9.07. The van der Waals surface area contributed by atoms with Gasteiger partial charge in [-0.25, -0.2) is 13.1 Å². The summed E-state index contributed by atoms with van der Waals surface area (Å²) in [5.74, 6) is 0. The van der Waals surface area contributed by atoms with Crippen molar-refractivity contribution in [2.24, 2.45) is 0 Å². The first-order valence-electron chi connectivity index (χ1n) is 6.81. The van der Waals surface area contributed by atoms with Gasteiger partial charge in [0.05, 0.1) is 24.2 Å². The summed E-state index contributed by atoms with van der Waals surface area (Å²) in [6.45, 7) is 1.72. The minimum Gasteiger partial charge on any atom is -0.395 e. The molecule has 9 heteroatoms. The third-order valence-electron chi connectivity index (χ3n) is 3.16. The van der Waals surface area contributed by atoms with Gasteiger partial charge in [0.25, 0.3) is 0 Å². The number of thiol groups is 1. The molecule has 0 heterocycles. The molecule has 22 heavy (non-hydrogen) atoms. The van der Waals surface area contributed by atoms with Crippen LogP contribution in [0, 0.1) is 0 Å². The largest absolute Gasteiger partial charge is 0.395 e. The van der Waals surface area contributed by atoms with Crippen LogP contribution in [0.15, 0.2) is 28.0 Å². The first kappa shape index (κ1) is 19.7. The first-order chi connectivity index (χ1) is 10.4. The van der Waals surface area contributed by atoms with E-state index in [9.17, 15) is 13.5 Å². The molecule has 0 saturated carbocycles. The number of rotatable bonds is 9. The van der Waals surface area contributed by atoms with E-state index in [1.165, 1.54) is 12.1 Å². The number of hydrogen-bond donors (Lipinski definition) is 5. The Balaban J connectivity index is 2.99. The molecule has 0 saturated heterocycles. The lowest BCUT2D eigenvalue weighted by Crippen LogP contribution is -2.52. The number of halogens is 1. The SMILES string of the molecule is CCC(NCCO)[C@@H](CO)NS(=O)(=O)c1cc(Cl)ccc1S. The van der Waals surface area contributed by atoms with Crippen molar-refractivity contribution in [1.82, 2.24) is 10.0 Å². The fourth-order valence-electron chi connectivity index (χ4n) is 2.03. The number of hydrogen-bond acceptors (Lipinski definition) is 6. The molecule has 0 spiro atoms. The van der Waals surface area contributed by atoms with E-state index in [1.54, 1.807) is 6.07 Å². The lowest BCUT2D eigenvalue weighted by molar-refractivity contribution is 0.213. The molecule has 0 bridgehead atoms. The molecule has 1 aromatic carbocycles. The van der Waals surface area contributed by atoms with Crippen molar-refractivity contribution in [2.45, 2.75) is 35.2 Å². The fourth-order valence-corrected chi connectivity index (χ4v) is 4.16. The molecule has 0 radical (unpaired) electrons. The van der Waals surface area contributed by atoms with Gasteiger partial charge in [-0.1, -0.05) is 18.5 Å². The first-order valence-corrected chi connectivity index (χ1v) is 9.12. The molecular weight excluding hydrogens is 348 g/mol. The Morgan fingerprint density at radius 2 is 2.00 bits per heavy atom. The third kappa shape index (κ3) is 5.38. The average molecular weight is 369 g/mol. The Labute approximate surface area is 141 Å². The molecule has 0 aliphatic rings. The maximum absolute atomic E-state index is 12.5. The Kier molecular flexibility index (Phi) is 8.12. The third-order valence-corrected chi connectivity index (χ3v) is 5.46. The monoisotopic (exact) mass is 368 g/mol. The molecule has 0 aliphatic heterocycles. The summed E-state index contributed by atoms with van der Waals surface area (Å²) in [5.41, 5.74) is 0. The molecule has 1 rings (SSSR count). The summed E-state index contributed by atoms with van der Waals surface area (Å²) >= 11 is 9.97. The summed E-state index contributed by atoms with van der Waals surface area (Å²) in [6, 6.07) is 3.31. The van der Waals surface area contributed by atoms with Crippen molar-refractivity contribution < 1.29 is 18.6 Å². The zero-order valence-corrected chi connectivity index (χ0v) is 14.6. The molecule has 0 amide bonds. The van der Waals surface area contributed by atoms with Gasteiger partial charge in [0.2, 0.25) is 10.0 Å². The Bertz CT molecular complexity index is 583. The molecule has 0 fully saturated rings. The van der Waals surface area contributed by atoms with Crippen molar-refractivity contribution in [2.75, 3.05) is 19.8 Å². The zero-order chi connectivity index (χ0) is 16.8. The predicted octanol–water partition coefficient (Wildman–Crippen LogP) is 0.628. The van der Waals surface area contributed by atoms with E-state index in [1.807, 2.05) is 6.92 Å². The highest BCUT2D eigenvalue weighted by atomic mass is 35.5. The van der Waals surface area contributed by atoms with Gasteiger partial charge < -0.3 is 15.5 Å². The highest BCUT2D eigenvalue weighted by Crippen LogP contribution is 2.24. The van der Waals surface area contributed by atoms with Crippen LogP contribution in [0.25, 0.3) is 0 Å². The molecule has 126 valence electrons. The van der Waals surface area contributed by atoms with Gasteiger partial charge >= 0.3 is 0 Å². The van der Waals surface area contributed by atoms with Crippen LogP contribution in [0.2, 0.25) is 5.02 Å². The Morgan fingerprint density at radius 1 is 1.32 bits per heavy atom. The smallest absolute Gasteiger partial charge is 0.242 e. The van der Waals surface area contributed by atoms with Crippen molar-refractivity contribution in [3.05, 3.63) is 23.2 Å². The number of benzene rings is 1. The normalized spacial score (nSPS) is 14.8. The van der Waals surface area contributed by atoms with Gasteiger partial charge in [0, 0.05) is 22.5 Å². The van der Waals surface area contributed by atoms with Crippen molar-refractivity contribution in [3.8, 4) is 0 Å². The second-order valence-electron chi connectivity index (χ2n) is 4.71. The predicted molar refractivity (Wildman–Crippen MR) is 89.1 cm³/mol. The molecule has 1 aromatic rings. The lowest BCUT2D eigenvalue weighted by atomic mass is 10.1. The fraction of sp³-hybridized carbons (Fsp3) is 0.538. The van der Waals surface area contributed by atoms with E-state index in [4.69, 9.17) is 16.7 Å². The molecular formula is C13H21ClN2O4S2. The number of aliphatic hydroxyl groups is 2. The number of aliphatic hydroxyl groups excluding tert-OH is 2. The van der Waals surface area contributed by atoms with E-state index >= 15 is 0 Å². The lowest BCUT2D eigenvalue weighted by Gasteiger charge is -2.26. The topological polar surface area (TPSA) is 98.7 Å². The maximum Gasteiger partial charge on any atom is 0.242 e.